The van der Waals surface area contributed by atoms with Crippen molar-refractivity contribution in [3.05, 3.63) is 44.3 Å². The van der Waals surface area contributed by atoms with E-state index in [0.717, 1.165) is 56.3 Å². The summed E-state index contributed by atoms with van der Waals surface area (Å²) in [5.41, 5.74) is 2.13. The van der Waals surface area contributed by atoms with Crippen LogP contribution in [0.1, 0.15) is 40.6 Å². The summed E-state index contributed by atoms with van der Waals surface area (Å²) in [4.78, 5) is 33.0. The Morgan fingerprint density at radius 3 is 2.67 bits per heavy atom. The third-order valence-electron chi connectivity index (χ3n) is 6.53. The Hall–Kier alpha value is -2.07. The summed E-state index contributed by atoms with van der Waals surface area (Å²) >= 11 is 3.32. The lowest BCUT2D eigenvalue weighted by Gasteiger charge is -2.31. The molecule has 33 heavy (non-hydrogen) atoms. The first-order valence-corrected chi connectivity index (χ1v) is 13.4. The van der Waals surface area contributed by atoms with E-state index in [-0.39, 0.29) is 30.3 Å². The van der Waals surface area contributed by atoms with Crippen molar-refractivity contribution in [2.45, 2.75) is 32.2 Å². The van der Waals surface area contributed by atoms with Crippen molar-refractivity contribution in [2.24, 2.45) is 11.0 Å². The molecule has 2 amide bonds. The van der Waals surface area contributed by atoms with Gasteiger partial charge in [0.05, 0.1) is 29.8 Å². The first kappa shape index (κ1) is 22.7. The number of carbonyl (C=O) groups is 2. The number of rotatable bonds is 8. The molecule has 0 radical (unpaired) electrons. The number of hydrogen-bond donors (Lipinski definition) is 0. The molecule has 1 atom stereocenters. The molecule has 1 aliphatic carbocycles. The van der Waals surface area contributed by atoms with Gasteiger partial charge in [0.15, 0.2) is 0 Å². The Kier molecular flexibility index (Phi) is 6.91. The van der Waals surface area contributed by atoms with Crippen LogP contribution >= 0.6 is 22.7 Å². The lowest BCUT2D eigenvalue weighted by molar-refractivity contribution is -0.142. The fraction of sp³-hybridized carbons (Fsp3) is 0.542. The number of hydrazone groups is 1. The minimum absolute atomic E-state index is 0.0848. The topological polar surface area (TPSA) is 65.5 Å². The molecule has 176 valence electrons. The largest absolute Gasteiger partial charge is 0.379 e. The lowest BCUT2D eigenvalue weighted by Crippen LogP contribution is -2.47. The molecule has 2 aromatic rings. The highest BCUT2D eigenvalue weighted by Crippen LogP contribution is 2.38. The smallest absolute Gasteiger partial charge is 0.262 e. The number of morpholine rings is 1. The van der Waals surface area contributed by atoms with Gasteiger partial charge in [-0.2, -0.15) is 5.10 Å². The SMILES string of the molecule is Cc1ccsc1[C@@H]1CC(c2cccs2)=NN1C(=O)CN(CCN1CCOCC1)C(=O)C1CC1. The molecule has 2 aromatic heterocycles. The van der Waals surface area contributed by atoms with Gasteiger partial charge in [-0.25, -0.2) is 5.01 Å². The Balaban J connectivity index is 1.33. The van der Waals surface area contributed by atoms with Crippen molar-refractivity contribution < 1.29 is 14.3 Å². The summed E-state index contributed by atoms with van der Waals surface area (Å²) in [6.45, 7) is 6.71. The zero-order valence-electron chi connectivity index (χ0n) is 18.9. The standard InChI is InChI=1S/C24H30N4O3S2/c1-17-6-14-33-23(17)20-15-19(21-3-2-13-32-21)25-28(20)22(29)16-27(24(30)18-4-5-18)8-7-26-9-11-31-12-10-26/h2-3,6,13-14,18,20H,4-5,7-12,15-16H2,1H3/t20-/m0/s1. The number of hydrogen-bond acceptors (Lipinski definition) is 7. The van der Waals surface area contributed by atoms with E-state index in [2.05, 4.69) is 29.3 Å². The number of thiophene rings is 2. The predicted octanol–water partition coefficient (Wildman–Crippen LogP) is 3.37. The zero-order chi connectivity index (χ0) is 22.8. The summed E-state index contributed by atoms with van der Waals surface area (Å²) in [5.74, 6) is 0.0963. The van der Waals surface area contributed by atoms with Crippen LogP contribution in [0.2, 0.25) is 0 Å². The van der Waals surface area contributed by atoms with Crippen LogP contribution in [0.25, 0.3) is 0 Å². The summed E-state index contributed by atoms with van der Waals surface area (Å²) in [6.07, 6.45) is 2.57. The van der Waals surface area contributed by atoms with Gasteiger partial charge < -0.3 is 9.64 Å². The minimum Gasteiger partial charge on any atom is -0.379 e. The van der Waals surface area contributed by atoms with E-state index in [1.54, 1.807) is 32.6 Å². The molecule has 2 fully saturated rings. The van der Waals surface area contributed by atoms with Gasteiger partial charge in [0.2, 0.25) is 5.91 Å². The van der Waals surface area contributed by atoms with Crippen molar-refractivity contribution in [3.63, 3.8) is 0 Å². The quantitative estimate of drug-likeness (QED) is 0.574. The number of amides is 2. The van der Waals surface area contributed by atoms with Crippen LogP contribution in [0, 0.1) is 12.8 Å². The van der Waals surface area contributed by atoms with Gasteiger partial charge in [0.1, 0.15) is 6.54 Å². The Labute approximate surface area is 202 Å². The summed E-state index contributed by atoms with van der Waals surface area (Å²) < 4.78 is 5.44. The van der Waals surface area contributed by atoms with Crippen LogP contribution in [0.3, 0.4) is 0 Å². The minimum atomic E-state index is -0.105. The molecule has 0 aromatic carbocycles. The maximum atomic E-state index is 13.6. The Morgan fingerprint density at radius 1 is 1.18 bits per heavy atom. The van der Waals surface area contributed by atoms with Crippen LogP contribution in [0.4, 0.5) is 0 Å². The normalized spacial score (nSPS) is 21.3. The van der Waals surface area contributed by atoms with Crippen LogP contribution in [-0.4, -0.2) is 78.3 Å². The average Bonchev–Trinajstić information content (AvgIpc) is 3.18. The van der Waals surface area contributed by atoms with Crippen molar-refractivity contribution >= 4 is 40.2 Å². The van der Waals surface area contributed by atoms with Gasteiger partial charge in [0, 0.05) is 43.4 Å². The fourth-order valence-electron chi connectivity index (χ4n) is 4.44. The van der Waals surface area contributed by atoms with E-state index >= 15 is 0 Å². The van der Waals surface area contributed by atoms with Crippen LogP contribution < -0.4 is 0 Å². The molecule has 0 N–H and O–H groups in total. The number of nitrogens with zero attached hydrogens (tertiary/aromatic N) is 4. The molecule has 1 saturated carbocycles. The van der Waals surface area contributed by atoms with Crippen LogP contribution in [0.5, 0.6) is 0 Å². The average molecular weight is 487 g/mol. The summed E-state index contributed by atoms with van der Waals surface area (Å²) in [5, 5.41) is 10.5. The molecule has 3 aliphatic rings. The molecule has 7 nitrogen and oxygen atoms in total. The second-order valence-corrected chi connectivity index (χ2v) is 10.8. The van der Waals surface area contributed by atoms with Gasteiger partial charge in [0.25, 0.3) is 5.91 Å². The first-order chi connectivity index (χ1) is 16.1. The lowest BCUT2D eigenvalue weighted by atomic mass is 10.1. The number of carbonyl (C=O) groups excluding carboxylic acids is 2. The molecule has 9 heteroatoms. The maximum Gasteiger partial charge on any atom is 0.262 e. The molecular formula is C24H30N4O3S2. The highest BCUT2D eigenvalue weighted by Gasteiger charge is 2.38. The van der Waals surface area contributed by atoms with Gasteiger partial charge in [-0.15, -0.1) is 22.7 Å². The van der Waals surface area contributed by atoms with Gasteiger partial charge in [-0.05, 0) is 48.2 Å². The van der Waals surface area contributed by atoms with Gasteiger partial charge in [-0.1, -0.05) is 6.07 Å². The first-order valence-electron chi connectivity index (χ1n) is 11.7. The van der Waals surface area contributed by atoms with E-state index in [0.29, 0.717) is 13.0 Å². The van der Waals surface area contributed by atoms with E-state index in [4.69, 9.17) is 9.84 Å². The van der Waals surface area contributed by atoms with Crippen LogP contribution in [-0.2, 0) is 14.3 Å². The zero-order valence-corrected chi connectivity index (χ0v) is 20.6. The van der Waals surface area contributed by atoms with Gasteiger partial charge in [-0.3, -0.25) is 14.5 Å². The molecular weight excluding hydrogens is 456 g/mol. The third kappa shape index (κ3) is 5.21. The molecule has 1 saturated heterocycles. The van der Waals surface area contributed by atoms with Crippen molar-refractivity contribution in [1.82, 2.24) is 14.8 Å². The maximum absolute atomic E-state index is 13.6. The predicted molar refractivity (Wildman–Crippen MR) is 131 cm³/mol. The molecule has 0 bridgehead atoms. The number of ether oxygens (including phenoxy) is 1. The molecule has 5 rings (SSSR count). The molecule has 0 unspecified atom stereocenters. The van der Waals surface area contributed by atoms with Crippen molar-refractivity contribution in [3.8, 4) is 0 Å². The second-order valence-electron chi connectivity index (χ2n) is 8.94. The number of aryl methyl sites for hydroxylation is 1. The third-order valence-corrected chi connectivity index (χ3v) is 8.57. The van der Waals surface area contributed by atoms with E-state index in [1.807, 2.05) is 11.4 Å². The van der Waals surface area contributed by atoms with Crippen molar-refractivity contribution in [2.75, 3.05) is 45.9 Å². The molecule has 4 heterocycles. The summed E-state index contributed by atoms with van der Waals surface area (Å²) in [6, 6.07) is 6.06. The highest BCUT2D eigenvalue weighted by atomic mass is 32.1. The Bertz CT molecular complexity index is 1010. The molecule has 2 aliphatic heterocycles. The van der Waals surface area contributed by atoms with Crippen LogP contribution in [0.15, 0.2) is 34.1 Å². The Morgan fingerprint density at radius 2 is 2.00 bits per heavy atom. The van der Waals surface area contributed by atoms with E-state index < -0.39 is 0 Å². The second kappa shape index (κ2) is 10.0. The monoisotopic (exact) mass is 486 g/mol. The highest BCUT2D eigenvalue weighted by molar-refractivity contribution is 7.12. The fourth-order valence-corrected chi connectivity index (χ4v) is 6.17. The van der Waals surface area contributed by atoms with E-state index in [9.17, 15) is 9.59 Å². The molecule has 0 spiro atoms. The summed E-state index contributed by atoms with van der Waals surface area (Å²) in [7, 11) is 0. The van der Waals surface area contributed by atoms with E-state index in [1.165, 1.54) is 10.4 Å². The van der Waals surface area contributed by atoms with Gasteiger partial charge >= 0.3 is 0 Å². The van der Waals surface area contributed by atoms with Crippen molar-refractivity contribution in [1.29, 1.82) is 0 Å².